The Morgan fingerprint density at radius 3 is 3.04 bits per heavy atom. The molecule has 4 nitrogen and oxygen atoms in total. The van der Waals surface area contributed by atoms with E-state index in [1.165, 1.54) is 10.4 Å². The highest BCUT2D eigenvalue weighted by Crippen LogP contribution is 2.36. The zero-order chi connectivity index (χ0) is 17.9. The zero-order valence-electron chi connectivity index (χ0n) is 14.8. The van der Waals surface area contributed by atoms with Gasteiger partial charge in [-0.05, 0) is 49.3 Å². The number of hydrogen-bond donors (Lipinski definition) is 1. The average Bonchev–Trinajstić information content (AvgIpc) is 3.00. The number of H-pyrrole nitrogens is 1. The van der Waals surface area contributed by atoms with Crippen molar-refractivity contribution in [1.29, 1.82) is 0 Å². The van der Waals surface area contributed by atoms with E-state index in [9.17, 15) is 4.79 Å². The van der Waals surface area contributed by atoms with E-state index in [2.05, 4.69) is 11.9 Å². The number of para-hydroxylation sites is 1. The number of thioether (sulfide) groups is 1. The van der Waals surface area contributed by atoms with Gasteiger partial charge in [0.2, 0.25) is 0 Å². The summed E-state index contributed by atoms with van der Waals surface area (Å²) in [5.74, 6) is 2.46. The van der Waals surface area contributed by atoms with Crippen molar-refractivity contribution in [3.05, 3.63) is 51.1 Å². The van der Waals surface area contributed by atoms with Gasteiger partial charge in [0.25, 0.3) is 5.56 Å². The van der Waals surface area contributed by atoms with Gasteiger partial charge in [-0.25, -0.2) is 4.98 Å². The van der Waals surface area contributed by atoms with E-state index in [1.807, 2.05) is 30.3 Å². The molecule has 1 aliphatic rings. The predicted molar refractivity (Wildman–Crippen MR) is 109 cm³/mol. The van der Waals surface area contributed by atoms with Crippen molar-refractivity contribution in [1.82, 2.24) is 9.97 Å². The summed E-state index contributed by atoms with van der Waals surface area (Å²) in [6, 6.07) is 9.83. The quantitative estimate of drug-likeness (QED) is 0.380. The highest BCUT2D eigenvalue weighted by molar-refractivity contribution is 7.99. The summed E-state index contributed by atoms with van der Waals surface area (Å²) >= 11 is 3.29. The van der Waals surface area contributed by atoms with Gasteiger partial charge in [0.1, 0.15) is 10.6 Å². The molecule has 26 heavy (non-hydrogen) atoms. The zero-order valence-corrected chi connectivity index (χ0v) is 16.4. The molecule has 6 heteroatoms. The first-order chi connectivity index (χ1) is 12.7. The van der Waals surface area contributed by atoms with Crippen LogP contribution in [0.2, 0.25) is 0 Å². The molecule has 0 aliphatic heterocycles. The second-order valence-electron chi connectivity index (χ2n) is 6.77. The number of rotatable bonds is 6. The second-order valence-corrected chi connectivity index (χ2v) is 8.93. The largest absolute Gasteiger partial charge is 0.494 e. The lowest BCUT2D eigenvalue weighted by atomic mass is 9.89. The van der Waals surface area contributed by atoms with Crippen LogP contribution in [0, 0.1) is 5.92 Å². The van der Waals surface area contributed by atoms with Gasteiger partial charge in [0, 0.05) is 10.6 Å². The second kappa shape index (κ2) is 7.84. The van der Waals surface area contributed by atoms with Crippen molar-refractivity contribution in [3.8, 4) is 5.75 Å². The number of ether oxygens (including phenoxy) is 1. The summed E-state index contributed by atoms with van der Waals surface area (Å²) in [5, 5.41) is 1.54. The van der Waals surface area contributed by atoms with E-state index < -0.39 is 0 Å². The normalized spacial score (nSPS) is 16.6. The highest BCUT2D eigenvalue weighted by atomic mass is 32.2. The summed E-state index contributed by atoms with van der Waals surface area (Å²) in [6.07, 6.45) is 4.15. The maximum Gasteiger partial charge on any atom is 0.260 e. The third-order valence-electron chi connectivity index (χ3n) is 4.68. The lowest BCUT2D eigenvalue weighted by molar-refractivity contribution is 0.318. The maximum absolute atomic E-state index is 12.6. The molecule has 0 bridgehead atoms. The van der Waals surface area contributed by atoms with Gasteiger partial charge in [-0.3, -0.25) is 4.79 Å². The van der Waals surface area contributed by atoms with Gasteiger partial charge in [-0.1, -0.05) is 36.9 Å². The summed E-state index contributed by atoms with van der Waals surface area (Å²) in [4.78, 5) is 22.5. The number of nitrogens with zero attached hydrogens (tertiary/aromatic N) is 1. The van der Waals surface area contributed by atoms with Crippen LogP contribution in [0.1, 0.15) is 30.2 Å². The fourth-order valence-electron chi connectivity index (χ4n) is 3.33. The van der Waals surface area contributed by atoms with Crippen LogP contribution in [-0.4, -0.2) is 22.3 Å². The molecular weight excluding hydrogens is 364 g/mol. The van der Waals surface area contributed by atoms with Gasteiger partial charge >= 0.3 is 0 Å². The Morgan fingerprint density at radius 2 is 2.19 bits per heavy atom. The molecule has 1 atom stereocenters. The van der Waals surface area contributed by atoms with Crippen LogP contribution < -0.4 is 10.3 Å². The van der Waals surface area contributed by atoms with Crippen LogP contribution in [-0.2, 0) is 12.8 Å². The van der Waals surface area contributed by atoms with Crippen LogP contribution in [0.15, 0.2) is 40.3 Å². The van der Waals surface area contributed by atoms with Gasteiger partial charge in [0.05, 0.1) is 12.0 Å². The molecule has 0 saturated carbocycles. The number of thiophene rings is 1. The average molecular weight is 387 g/mol. The Morgan fingerprint density at radius 1 is 1.35 bits per heavy atom. The van der Waals surface area contributed by atoms with Gasteiger partial charge in [-0.2, -0.15) is 0 Å². The van der Waals surface area contributed by atoms with E-state index in [1.54, 1.807) is 23.1 Å². The Balaban J connectivity index is 1.39. The topological polar surface area (TPSA) is 55.0 Å². The minimum Gasteiger partial charge on any atom is -0.494 e. The molecule has 1 aromatic carbocycles. The number of fused-ring (bicyclic) bond motifs is 3. The Bertz CT molecular complexity index is 950. The molecule has 0 unspecified atom stereocenters. The summed E-state index contributed by atoms with van der Waals surface area (Å²) < 4.78 is 5.70. The Labute approximate surface area is 161 Å². The van der Waals surface area contributed by atoms with E-state index >= 15 is 0 Å². The van der Waals surface area contributed by atoms with E-state index in [4.69, 9.17) is 9.72 Å². The lowest BCUT2D eigenvalue weighted by Crippen LogP contribution is -2.13. The van der Waals surface area contributed by atoms with Crippen molar-refractivity contribution >= 4 is 33.3 Å². The monoisotopic (exact) mass is 386 g/mol. The highest BCUT2D eigenvalue weighted by Gasteiger charge is 2.22. The van der Waals surface area contributed by atoms with Crippen molar-refractivity contribution < 1.29 is 4.74 Å². The number of aryl methyl sites for hydroxylation is 1. The van der Waals surface area contributed by atoms with Crippen molar-refractivity contribution in [2.75, 3.05) is 12.4 Å². The van der Waals surface area contributed by atoms with Crippen LogP contribution >= 0.6 is 23.1 Å². The SMILES string of the molecule is C[C@@H]1CCc2c(sc3nc(SCCCOc4ccccc4)[nH]c(=O)c23)C1. The van der Waals surface area contributed by atoms with Gasteiger partial charge in [-0.15, -0.1) is 11.3 Å². The molecule has 2 aromatic heterocycles. The van der Waals surface area contributed by atoms with Crippen molar-refractivity contribution in [3.63, 3.8) is 0 Å². The molecule has 3 aromatic rings. The molecule has 1 aliphatic carbocycles. The molecule has 136 valence electrons. The van der Waals surface area contributed by atoms with Gasteiger partial charge in [0.15, 0.2) is 5.16 Å². The third-order valence-corrected chi connectivity index (χ3v) is 6.79. The van der Waals surface area contributed by atoms with E-state index in [-0.39, 0.29) is 5.56 Å². The maximum atomic E-state index is 12.6. The Hall–Kier alpha value is -1.79. The number of nitrogens with one attached hydrogen (secondary N) is 1. The molecular formula is C20H22N2O2S2. The molecule has 1 N–H and O–H groups in total. The fourth-order valence-corrected chi connectivity index (χ4v) is 5.55. The van der Waals surface area contributed by atoms with Crippen LogP contribution in [0.3, 0.4) is 0 Å². The smallest absolute Gasteiger partial charge is 0.260 e. The summed E-state index contributed by atoms with van der Waals surface area (Å²) in [6.45, 7) is 2.94. The minimum atomic E-state index is 0.0186. The number of aromatic amines is 1. The number of hydrogen-bond acceptors (Lipinski definition) is 5. The first-order valence-electron chi connectivity index (χ1n) is 9.06. The molecule has 2 heterocycles. The first kappa shape index (κ1) is 17.6. The van der Waals surface area contributed by atoms with Gasteiger partial charge < -0.3 is 9.72 Å². The Kier molecular flexibility index (Phi) is 5.31. The third kappa shape index (κ3) is 3.81. The first-order valence-corrected chi connectivity index (χ1v) is 10.9. The van der Waals surface area contributed by atoms with Crippen LogP contribution in [0.25, 0.3) is 10.2 Å². The van der Waals surface area contributed by atoms with Crippen molar-refractivity contribution in [2.45, 2.75) is 37.8 Å². The standard InChI is InChI=1S/C20H22N2O2S2/c1-13-8-9-15-16(12-13)26-19-17(15)18(23)21-20(22-19)25-11-5-10-24-14-6-3-2-4-7-14/h2-4,6-7,13H,5,8-12H2,1H3,(H,21,22,23)/t13-/m1/s1. The summed E-state index contributed by atoms with van der Waals surface area (Å²) in [5.41, 5.74) is 1.26. The number of benzene rings is 1. The lowest BCUT2D eigenvalue weighted by Gasteiger charge is -2.17. The fraction of sp³-hybridized carbons (Fsp3) is 0.400. The minimum absolute atomic E-state index is 0.0186. The number of aromatic nitrogens is 2. The molecule has 0 spiro atoms. The molecule has 0 radical (unpaired) electrons. The predicted octanol–water partition coefficient (Wildman–Crippen LogP) is 4.67. The molecule has 0 fully saturated rings. The molecule has 0 amide bonds. The van der Waals surface area contributed by atoms with E-state index in [0.29, 0.717) is 17.7 Å². The van der Waals surface area contributed by atoms with Crippen LogP contribution in [0.5, 0.6) is 5.75 Å². The molecule has 4 rings (SSSR count). The van der Waals surface area contributed by atoms with E-state index in [0.717, 1.165) is 47.4 Å². The van der Waals surface area contributed by atoms with Crippen LogP contribution in [0.4, 0.5) is 0 Å². The summed E-state index contributed by atoms with van der Waals surface area (Å²) in [7, 11) is 0. The van der Waals surface area contributed by atoms with Crippen molar-refractivity contribution in [2.24, 2.45) is 5.92 Å². The molecule has 0 saturated heterocycles.